The number of allylic oxidation sites excluding steroid dienone is 1. The first-order valence-corrected chi connectivity index (χ1v) is 13.6. The van der Waals surface area contributed by atoms with Crippen LogP contribution in [0.4, 0.5) is 0 Å². The van der Waals surface area contributed by atoms with E-state index >= 15 is 0 Å². The van der Waals surface area contributed by atoms with E-state index in [1.54, 1.807) is 5.57 Å². The summed E-state index contributed by atoms with van der Waals surface area (Å²) in [6, 6.07) is 0. The third kappa shape index (κ3) is 4.72. The molecule has 7 atom stereocenters. The molecule has 1 N–H and O–H groups in total. The molecule has 1 heteroatoms. The Kier molecular flexibility index (Phi) is 8.19. The quantitative estimate of drug-likeness (QED) is 0.351. The zero-order chi connectivity index (χ0) is 21.9. The Hall–Kier alpha value is -0.300. The van der Waals surface area contributed by atoms with Gasteiger partial charge in [-0.05, 0) is 98.2 Å². The Bertz CT molecular complexity index is 577. The highest BCUT2D eigenvalue weighted by atomic mass is 16.3. The van der Waals surface area contributed by atoms with Gasteiger partial charge in [0, 0.05) is 0 Å². The fourth-order valence-electron chi connectivity index (χ4n) is 8.17. The van der Waals surface area contributed by atoms with Crippen LogP contribution in [-0.2, 0) is 0 Å². The minimum atomic E-state index is -0.0727. The van der Waals surface area contributed by atoms with E-state index in [4.69, 9.17) is 0 Å². The van der Waals surface area contributed by atoms with Crippen LogP contribution in [0.1, 0.15) is 125 Å². The van der Waals surface area contributed by atoms with Gasteiger partial charge < -0.3 is 5.11 Å². The lowest BCUT2D eigenvalue weighted by Gasteiger charge is -2.58. The second-order valence-electron chi connectivity index (χ2n) is 12.4. The Morgan fingerprint density at radius 1 is 1.00 bits per heavy atom. The van der Waals surface area contributed by atoms with Crippen LogP contribution in [0.3, 0.4) is 0 Å². The number of rotatable bonds is 5. The van der Waals surface area contributed by atoms with Crippen molar-refractivity contribution in [1.82, 2.24) is 0 Å². The second-order valence-corrected chi connectivity index (χ2v) is 12.4. The van der Waals surface area contributed by atoms with Gasteiger partial charge in [0.1, 0.15) is 0 Å². The van der Waals surface area contributed by atoms with Crippen molar-refractivity contribution < 1.29 is 5.11 Å². The molecule has 0 heterocycles. The topological polar surface area (TPSA) is 20.2 Å². The molecule has 0 amide bonds. The van der Waals surface area contributed by atoms with Crippen molar-refractivity contribution in [3.05, 3.63) is 11.6 Å². The van der Waals surface area contributed by atoms with Crippen LogP contribution in [0.5, 0.6) is 0 Å². The van der Waals surface area contributed by atoms with E-state index in [1.165, 1.54) is 70.6 Å². The third-order valence-electron chi connectivity index (χ3n) is 9.86. The summed E-state index contributed by atoms with van der Waals surface area (Å²) in [7, 11) is 0. The summed E-state index contributed by atoms with van der Waals surface area (Å²) in [6.45, 7) is 14.2. The summed E-state index contributed by atoms with van der Waals surface area (Å²) in [5.41, 5.74) is 2.64. The van der Waals surface area contributed by atoms with E-state index in [-0.39, 0.29) is 6.10 Å². The van der Waals surface area contributed by atoms with Gasteiger partial charge in [-0.3, -0.25) is 0 Å². The molecule has 174 valence electrons. The van der Waals surface area contributed by atoms with Gasteiger partial charge in [-0.1, -0.05) is 78.9 Å². The lowest BCUT2D eigenvalue weighted by molar-refractivity contribution is -0.0508. The van der Waals surface area contributed by atoms with Crippen molar-refractivity contribution in [2.45, 2.75) is 131 Å². The zero-order valence-corrected chi connectivity index (χ0v) is 21.2. The maximum atomic E-state index is 10.2. The van der Waals surface area contributed by atoms with Crippen molar-refractivity contribution in [2.24, 2.45) is 40.4 Å². The predicted octanol–water partition coefficient (Wildman–Crippen LogP) is 8.56. The smallest absolute Gasteiger partial charge is 0.0577 e. The van der Waals surface area contributed by atoms with Crippen LogP contribution in [0, 0.1) is 40.4 Å². The van der Waals surface area contributed by atoms with Gasteiger partial charge in [0.05, 0.1) is 6.10 Å². The molecular weight excluding hydrogens is 364 g/mol. The van der Waals surface area contributed by atoms with E-state index in [0.29, 0.717) is 10.8 Å². The first-order chi connectivity index (χ1) is 14.3. The normalized spacial score (nSPS) is 42.5. The minimum Gasteiger partial charge on any atom is -0.393 e. The zero-order valence-electron chi connectivity index (χ0n) is 21.2. The number of unbranched alkanes of at least 4 members (excludes halogenated alkanes) is 1. The maximum Gasteiger partial charge on any atom is 0.0577 e. The summed E-state index contributed by atoms with van der Waals surface area (Å²) in [6.07, 6.45) is 20.0. The molecule has 3 fully saturated rings. The van der Waals surface area contributed by atoms with E-state index in [0.717, 1.165) is 42.4 Å². The van der Waals surface area contributed by atoms with Crippen molar-refractivity contribution >= 4 is 0 Å². The monoisotopic (exact) mass is 416 g/mol. The van der Waals surface area contributed by atoms with Gasteiger partial charge >= 0.3 is 0 Å². The average molecular weight is 417 g/mol. The standard InChI is InChI=1S/C26H44O.C3H8/c1-18(2)7-5-6-8-19-10-12-23-22-11-9-20-17-21(27)13-15-26(20,4)24(22)14-16-25(19,23)3;1-3-2/h9,18-19,21-24,27H,5-8,10-17H2,1-4H3;3H2,1-2H3. The van der Waals surface area contributed by atoms with Crippen LogP contribution in [0.15, 0.2) is 11.6 Å². The molecule has 0 aromatic rings. The van der Waals surface area contributed by atoms with Crippen molar-refractivity contribution in [2.75, 3.05) is 0 Å². The molecule has 0 aliphatic heterocycles. The van der Waals surface area contributed by atoms with Gasteiger partial charge in [0.2, 0.25) is 0 Å². The highest BCUT2D eigenvalue weighted by molar-refractivity contribution is 5.25. The second kappa shape index (κ2) is 10.1. The highest BCUT2D eigenvalue weighted by Gasteiger charge is 2.58. The van der Waals surface area contributed by atoms with E-state index in [2.05, 4.69) is 47.6 Å². The highest BCUT2D eigenvalue weighted by Crippen LogP contribution is 2.66. The van der Waals surface area contributed by atoms with Crippen LogP contribution in [0.2, 0.25) is 0 Å². The first-order valence-electron chi connectivity index (χ1n) is 13.6. The molecule has 0 aromatic heterocycles. The Balaban J connectivity index is 0.000000806. The number of fused-ring (bicyclic) bond motifs is 5. The van der Waals surface area contributed by atoms with E-state index < -0.39 is 0 Å². The molecule has 0 aromatic carbocycles. The summed E-state index contributed by atoms with van der Waals surface area (Å²) < 4.78 is 0. The number of aliphatic hydroxyl groups excluding tert-OH is 1. The van der Waals surface area contributed by atoms with Crippen LogP contribution < -0.4 is 0 Å². The molecule has 0 saturated heterocycles. The maximum absolute atomic E-state index is 10.2. The molecule has 0 bridgehead atoms. The van der Waals surface area contributed by atoms with Crippen LogP contribution >= 0.6 is 0 Å². The predicted molar refractivity (Wildman–Crippen MR) is 130 cm³/mol. The molecule has 7 unspecified atom stereocenters. The number of aliphatic hydroxyl groups is 1. The van der Waals surface area contributed by atoms with Crippen molar-refractivity contribution in [3.8, 4) is 0 Å². The SMILES string of the molecule is CC(C)CCCCC1CCC2C3CC=C4CC(O)CCC4(C)C3CCC12C.CCC. The van der Waals surface area contributed by atoms with Gasteiger partial charge in [0.15, 0.2) is 0 Å². The fraction of sp³-hybridized carbons (Fsp3) is 0.931. The lowest BCUT2D eigenvalue weighted by atomic mass is 9.47. The van der Waals surface area contributed by atoms with Gasteiger partial charge in [0.25, 0.3) is 0 Å². The Morgan fingerprint density at radius 2 is 1.73 bits per heavy atom. The largest absolute Gasteiger partial charge is 0.393 e. The fourth-order valence-corrected chi connectivity index (χ4v) is 8.17. The minimum absolute atomic E-state index is 0.0727. The summed E-state index contributed by atoms with van der Waals surface area (Å²) in [5.74, 6) is 4.64. The van der Waals surface area contributed by atoms with Gasteiger partial charge in [-0.25, -0.2) is 0 Å². The molecule has 4 aliphatic carbocycles. The van der Waals surface area contributed by atoms with E-state index in [1.807, 2.05) is 0 Å². The lowest BCUT2D eigenvalue weighted by Crippen LogP contribution is -2.50. The molecular formula is C29H52O. The molecule has 1 nitrogen and oxygen atoms in total. The molecule has 4 aliphatic rings. The van der Waals surface area contributed by atoms with Gasteiger partial charge in [-0.15, -0.1) is 0 Å². The molecule has 4 rings (SSSR count). The Morgan fingerprint density at radius 3 is 2.43 bits per heavy atom. The molecule has 3 saturated carbocycles. The molecule has 0 radical (unpaired) electrons. The summed E-state index contributed by atoms with van der Waals surface area (Å²) in [5, 5.41) is 10.2. The Labute approximate surface area is 188 Å². The van der Waals surface area contributed by atoms with Crippen molar-refractivity contribution in [1.29, 1.82) is 0 Å². The van der Waals surface area contributed by atoms with Gasteiger partial charge in [-0.2, -0.15) is 0 Å². The summed E-state index contributed by atoms with van der Waals surface area (Å²) in [4.78, 5) is 0. The third-order valence-corrected chi connectivity index (χ3v) is 9.86. The molecule has 0 spiro atoms. The average Bonchev–Trinajstić information content (AvgIpc) is 3.03. The van der Waals surface area contributed by atoms with Crippen molar-refractivity contribution in [3.63, 3.8) is 0 Å². The number of hydrogen-bond donors (Lipinski definition) is 1. The number of hydrogen-bond acceptors (Lipinski definition) is 1. The molecule has 30 heavy (non-hydrogen) atoms. The first kappa shape index (κ1) is 24.3. The van der Waals surface area contributed by atoms with Crippen LogP contribution in [0.25, 0.3) is 0 Å². The summed E-state index contributed by atoms with van der Waals surface area (Å²) >= 11 is 0. The van der Waals surface area contributed by atoms with Crippen LogP contribution in [-0.4, -0.2) is 11.2 Å². The van der Waals surface area contributed by atoms with E-state index in [9.17, 15) is 5.11 Å².